The van der Waals surface area contributed by atoms with Gasteiger partial charge in [0.05, 0.1) is 40.5 Å². The molecule has 0 aromatic rings. The van der Waals surface area contributed by atoms with Crippen molar-refractivity contribution in [3.05, 3.63) is 0 Å². The van der Waals surface area contributed by atoms with Crippen LogP contribution in [0.5, 0.6) is 0 Å². The first-order valence-electron chi connectivity index (χ1n) is 4.49. The molecule has 88 valence electrons. The molecule has 0 saturated heterocycles. The summed E-state index contributed by atoms with van der Waals surface area (Å²) in [7, 11) is 2.61. The van der Waals surface area contributed by atoms with Crippen LogP contribution in [0.3, 0.4) is 0 Å². The SMILES string of the molecule is COC(=O)CCOCCOCC(=O)OC. The van der Waals surface area contributed by atoms with Crippen molar-refractivity contribution in [1.82, 2.24) is 0 Å². The number of ether oxygens (including phenoxy) is 4. The predicted molar refractivity (Wildman–Crippen MR) is 50.3 cm³/mol. The molecule has 0 fully saturated rings. The van der Waals surface area contributed by atoms with Gasteiger partial charge in [0.25, 0.3) is 0 Å². The molecule has 0 bridgehead atoms. The van der Waals surface area contributed by atoms with Crippen LogP contribution in [0.25, 0.3) is 0 Å². The maximum absolute atomic E-state index is 10.6. The van der Waals surface area contributed by atoms with E-state index in [0.29, 0.717) is 6.61 Å². The molecule has 0 N–H and O–H groups in total. The average Bonchev–Trinajstić information content (AvgIpc) is 2.26. The summed E-state index contributed by atoms with van der Waals surface area (Å²) < 4.78 is 18.7. The van der Waals surface area contributed by atoms with Crippen LogP contribution >= 0.6 is 0 Å². The van der Waals surface area contributed by atoms with Gasteiger partial charge in [-0.15, -0.1) is 0 Å². The lowest BCUT2D eigenvalue weighted by Crippen LogP contribution is -2.14. The highest BCUT2D eigenvalue weighted by Crippen LogP contribution is 1.87. The van der Waals surface area contributed by atoms with Crippen LogP contribution in [-0.4, -0.2) is 52.6 Å². The summed E-state index contributed by atoms with van der Waals surface area (Å²) in [5.41, 5.74) is 0. The van der Waals surface area contributed by atoms with Crippen molar-refractivity contribution >= 4 is 11.9 Å². The first kappa shape index (κ1) is 13.9. The molecule has 0 aliphatic rings. The molecule has 0 amide bonds. The highest BCUT2D eigenvalue weighted by Gasteiger charge is 2.00. The molecular weight excluding hydrogens is 204 g/mol. The fraction of sp³-hybridized carbons (Fsp3) is 0.778. The first-order valence-corrected chi connectivity index (χ1v) is 4.49. The molecule has 15 heavy (non-hydrogen) atoms. The zero-order chi connectivity index (χ0) is 11.5. The lowest BCUT2D eigenvalue weighted by Gasteiger charge is -2.04. The molecule has 0 aromatic heterocycles. The average molecular weight is 220 g/mol. The Morgan fingerprint density at radius 2 is 1.47 bits per heavy atom. The van der Waals surface area contributed by atoms with Crippen molar-refractivity contribution in [3.63, 3.8) is 0 Å². The van der Waals surface area contributed by atoms with Gasteiger partial charge in [0.1, 0.15) is 6.61 Å². The summed E-state index contributed by atoms with van der Waals surface area (Å²) in [6, 6.07) is 0. The van der Waals surface area contributed by atoms with E-state index in [1.807, 2.05) is 0 Å². The van der Waals surface area contributed by atoms with Gasteiger partial charge in [-0.3, -0.25) is 4.79 Å². The maximum Gasteiger partial charge on any atom is 0.331 e. The Morgan fingerprint density at radius 1 is 0.867 bits per heavy atom. The van der Waals surface area contributed by atoms with Crippen LogP contribution in [-0.2, 0) is 28.5 Å². The second kappa shape index (κ2) is 9.42. The first-order chi connectivity index (χ1) is 7.20. The molecule has 0 rings (SSSR count). The Morgan fingerprint density at radius 3 is 2.07 bits per heavy atom. The molecular formula is C9H16O6. The highest BCUT2D eigenvalue weighted by molar-refractivity contribution is 5.70. The lowest BCUT2D eigenvalue weighted by molar-refractivity contribution is -0.146. The molecule has 0 spiro atoms. The zero-order valence-electron chi connectivity index (χ0n) is 8.99. The number of hydrogen-bond acceptors (Lipinski definition) is 6. The minimum Gasteiger partial charge on any atom is -0.469 e. The van der Waals surface area contributed by atoms with Crippen molar-refractivity contribution in [1.29, 1.82) is 0 Å². The van der Waals surface area contributed by atoms with Crippen LogP contribution in [0.2, 0.25) is 0 Å². The third kappa shape index (κ3) is 9.17. The van der Waals surface area contributed by atoms with Gasteiger partial charge in [-0.05, 0) is 0 Å². The van der Waals surface area contributed by atoms with E-state index in [1.165, 1.54) is 14.2 Å². The molecule has 0 unspecified atom stereocenters. The van der Waals surface area contributed by atoms with Gasteiger partial charge in [-0.1, -0.05) is 0 Å². The number of carbonyl (C=O) groups is 2. The summed E-state index contributed by atoms with van der Waals surface area (Å²) in [6.45, 7) is 0.815. The van der Waals surface area contributed by atoms with Gasteiger partial charge < -0.3 is 18.9 Å². The van der Waals surface area contributed by atoms with Crippen molar-refractivity contribution in [3.8, 4) is 0 Å². The molecule has 6 heteroatoms. The molecule has 0 heterocycles. The van der Waals surface area contributed by atoms with Gasteiger partial charge in [0.2, 0.25) is 0 Å². The minimum absolute atomic E-state index is 0.0864. The lowest BCUT2D eigenvalue weighted by atomic mass is 10.5. The standard InChI is InChI=1S/C9H16O6/c1-12-8(10)3-4-14-5-6-15-7-9(11)13-2/h3-7H2,1-2H3. The Kier molecular flexibility index (Phi) is 8.70. The number of carbonyl (C=O) groups excluding carboxylic acids is 2. The molecule has 0 aromatic carbocycles. The Balaban J connectivity index is 3.11. The topological polar surface area (TPSA) is 71.1 Å². The normalized spacial score (nSPS) is 9.73. The number of rotatable bonds is 8. The van der Waals surface area contributed by atoms with E-state index in [9.17, 15) is 9.59 Å². The minimum atomic E-state index is -0.426. The maximum atomic E-state index is 10.6. The number of methoxy groups -OCH3 is 2. The second-order valence-electron chi connectivity index (χ2n) is 2.57. The molecule has 0 aliphatic heterocycles. The van der Waals surface area contributed by atoms with Gasteiger partial charge >= 0.3 is 11.9 Å². The van der Waals surface area contributed by atoms with Crippen LogP contribution in [0.1, 0.15) is 6.42 Å². The largest absolute Gasteiger partial charge is 0.469 e. The molecule has 6 nitrogen and oxygen atoms in total. The number of hydrogen-bond donors (Lipinski definition) is 0. The summed E-state index contributed by atoms with van der Waals surface area (Å²) in [6.07, 6.45) is 0.216. The van der Waals surface area contributed by atoms with Crippen molar-refractivity contribution in [2.24, 2.45) is 0 Å². The Labute approximate surface area is 88.4 Å². The van der Waals surface area contributed by atoms with Crippen LogP contribution < -0.4 is 0 Å². The van der Waals surface area contributed by atoms with Gasteiger partial charge in [-0.25, -0.2) is 4.79 Å². The Bertz CT molecular complexity index is 171. The highest BCUT2D eigenvalue weighted by atomic mass is 16.6. The van der Waals surface area contributed by atoms with Gasteiger partial charge in [0.15, 0.2) is 0 Å². The summed E-state index contributed by atoms with van der Waals surface area (Å²) in [4.78, 5) is 21.2. The van der Waals surface area contributed by atoms with E-state index in [-0.39, 0.29) is 32.2 Å². The zero-order valence-corrected chi connectivity index (χ0v) is 8.99. The van der Waals surface area contributed by atoms with Crippen LogP contribution in [0, 0.1) is 0 Å². The summed E-state index contributed by atoms with van der Waals surface area (Å²) in [5.74, 6) is -0.741. The van der Waals surface area contributed by atoms with Crippen LogP contribution in [0.15, 0.2) is 0 Å². The van der Waals surface area contributed by atoms with Gasteiger partial charge in [-0.2, -0.15) is 0 Å². The van der Waals surface area contributed by atoms with Gasteiger partial charge in [0, 0.05) is 0 Å². The molecule has 0 saturated carbocycles. The third-order valence-corrected chi connectivity index (χ3v) is 1.50. The monoisotopic (exact) mass is 220 g/mol. The third-order valence-electron chi connectivity index (χ3n) is 1.50. The quantitative estimate of drug-likeness (QED) is 0.415. The van der Waals surface area contributed by atoms with E-state index in [0.717, 1.165) is 0 Å². The van der Waals surface area contributed by atoms with Crippen LogP contribution in [0.4, 0.5) is 0 Å². The fourth-order valence-corrected chi connectivity index (χ4v) is 0.692. The van der Waals surface area contributed by atoms with E-state index in [2.05, 4.69) is 9.47 Å². The van der Waals surface area contributed by atoms with E-state index < -0.39 is 5.97 Å². The molecule has 0 atom stereocenters. The number of esters is 2. The van der Waals surface area contributed by atoms with Crippen molar-refractivity contribution in [2.75, 3.05) is 40.6 Å². The molecule has 0 aliphatic carbocycles. The van der Waals surface area contributed by atoms with E-state index in [1.54, 1.807) is 0 Å². The smallest absolute Gasteiger partial charge is 0.331 e. The predicted octanol–water partition coefficient (Wildman–Crippen LogP) is -0.244. The van der Waals surface area contributed by atoms with E-state index >= 15 is 0 Å². The summed E-state index contributed by atoms with van der Waals surface area (Å²) >= 11 is 0. The van der Waals surface area contributed by atoms with E-state index in [4.69, 9.17) is 9.47 Å². The van der Waals surface area contributed by atoms with Crippen molar-refractivity contribution in [2.45, 2.75) is 6.42 Å². The summed E-state index contributed by atoms with van der Waals surface area (Å²) in [5, 5.41) is 0. The Hall–Kier alpha value is -1.14. The molecule has 0 radical (unpaired) electrons. The fourth-order valence-electron chi connectivity index (χ4n) is 0.692. The second-order valence-corrected chi connectivity index (χ2v) is 2.57. The van der Waals surface area contributed by atoms with Crippen molar-refractivity contribution < 1.29 is 28.5 Å².